The molecular weight excluding hydrogens is 230 g/mol. The smallest absolute Gasteiger partial charge is 0.171 e. The molecule has 0 amide bonds. The first-order valence-electron chi connectivity index (χ1n) is 5.24. The lowest BCUT2D eigenvalue weighted by atomic mass is 10.1. The van der Waals surface area contributed by atoms with Gasteiger partial charge in [-0.05, 0) is 12.8 Å². The van der Waals surface area contributed by atoms with E-state index in [9.17, 15) is 13.2 Å². The molecule has 1 aromatic heterocycles. The van der Waals surface area contributed by atoms with Crippen molar-refractivity contribution in [3.8, 4) is 0 Å². The van der Waals surface area contributed by atoms with E-state index in [2.05, 4.69) is 5.16 Å². The molecule has 1 aromatic rings. The van der Waals surface area contributed by atoms with E-state index in [-0.39, 0.29) is 16.7 Å². The number of rotatable bonds is 3. The molecule has 2 rings (SSSR count). The molecule has 1 fully saturated rings. The number of nitrogens with zero attached hydrogens (tertiary/aromatic N) is 1. The lowest BCUT2D eigenvalue weighted by molar-refractivity contribution is 0.111. The fraction of sp³-hybridized carbons (Fsp3) is 0.600. The van der Waals surface area contributed by atoms with Crippen LogP contribution in [0.2, 0.25) is 0 Å². The molecule has 0 N–H and O–H groups in total. The van der Waals surface area contributed by atoms with Crippen molar-refractivity contribution in [3.63, 3.8) is 0 Å². The Morgan fingerprint density at radius 1 is 1.50 bits per heavy atom. The Labute approximate surface area is 93.7 Å². The maximum Gasteiger partial charge on any atom is 0.171 e. The van der Waals surface area contributed by atoms with Gasteiger partial charge in [0.15, 0.2) is 16.1 Å². The summed E-state index contributed by atoms with van der Waals surface area (Å²) in [6.07, 6.45) is 3.25. The number of sulfone groups is 1. The molecule has 88 valence electrons. The van der Waals surface area contributed by atoms with Crippen LogP contribution in [-0.4, -0.2) is 30.9 Å². The van der Waals surface area contributed by atoms with Crippen LogP contribution in [0, 0.1) is 0 Å². The first kappa shape index (κ1) is 11.3. The van der Waals surface area contributed by atoms with Gasteiger partial charge in [0.25, 0.3) is 0 Å². The largest absolute Gasteiger partial charge is 0.361 e. The summed E-state index contributed by atoms with van der Waals surface area (Å²) in [4.78, 5) is 10.4. The molecule has 5 nitrogen and oxygen atoms in total. The van der Waals surface area contributed by atoms with Gasteiger partial charge in [0.1, 0.15) is 11.5 Å². The Kier molecular flexibility index (Phi) is 3.09. The molecular formula is C10H13NO4S. The molecule has 1 unspecified atom stereocenters. The van der Waals surface area contributed by atoms with E-state index in [0.717, 1.165) is 12.8 Å². The highest BCUT2D eigenvalue weighted by Gasteiger charge is 2.29. The summed E-state index contributed by atoms with van der Waals surface area (Å²) in [6, 6.07) is 1.50. The van der Waals surface area contributed by atoms with E-state index in [1.54, 1.807) is 0 Å². The van der Waals surface area contributed by atoms with Crippen LogP contribution < -0.4 is 0 Å². The highest BCUT2D eigenvalue weighted by molar-refractivity contribution is 7.92. The third-order valence-electron chi connectivity index (χ3n) is 2.84. The molecule has 1 aliphatic rings. The van der Waals surface area contributed by atoms with Crippen LogP contribution in [0.5, 0.6) is 0 Å². The second-order valence-corrected chi connectivity index (χ2v) is 6.43. The molecule has 2 heterocycles. The number of carbonyl (C=O) groups is 1. The zero-order chi connectivity index (χ0) is 11.6. The normalized spacial score (nSPS) is 24.1. The third kappa shape index (κ3) is 2.32. The van der Waals surface area contributed by atoms with Gasteiger partial charge in [-0.3, -0.25) is 4.79 Å². The molecule has 0 saturated carbocycles. The number of aldehydes is 1. The van der Waals surface area contributed by atoms with Gasteiger partial charge >= 0.3 is 0 Å². The van der Waals surface area contributed by atoms with Gasteiger partial charge in [0, 0.05) is 12.5 Å². The molecule has 0 aromatic carbocycles. The molecule has 1 saturated heterocycles. The second kappa shape index (κ2) is 4.37. The van der Waals surface area contributed by atoms with Crippen molar-refractivity contribution in [1.82, 2.24) is 5.16 Å². The van der Waals surface area contributed by atoms with E-state index in [1.807, 2.05) is 0 Å². The van der Waals surface area contributed by atoms with Gasteiger partial charge in [-0.1, -0.05) is 11.6 Å². The minimum atomic E-state index is -3.00. The Hall–Kier alpha value is -1.17. The highest BCUT2D eigenvalue weighted by Crippen LogP contribution is 2.23. The summed E-state index contributed by atoms with van der Waals surface area (Å²) in [5.74, 6) is 0.726. The van der Waals surface area contributed by atoms with Crippen molar-refractivity contribution in [2.75, 3.05) is 5.75 Å². The Balaban J connectivity index is 2.11. The predicted molar refractivity (Wildman–Crippen MR) is 57.0 cm³/mol. The lowest BCUT2D eigenvalue weighted by Crippen LogP contribution is -2.30. The Bertz CT molecular complexity index is 477. The molecule has 0 radical (unpaired) electrons. The van der Waals surface area contributed by atoms with Gasteiger partial charge in [0.2, 0.25) is 0 Å². The van der Waals surface area contributed by atoms with Gasteiger partial charge < -0.3 is 4.52 Å². The zero-order valence-electron chi connectivity index (χ0n) is 8.76. The topological polar surface area (TPSA) is 77.2 Å². The quantitative estimate of drug-likeness (QED) is 0.740. The number of aromatic nitrogens is 1. The second-order valence-electron chi connectivity index (χ2n) is 4.02. The molecule has 1 aliphatic heterocycles. The fourth-order valence-corrected chi connectivity index (χ4v) is 3.84. The predicted octanol–water partition coefficient (Wildman–Crippen LogP) is 0.997. The number of hydrogen-bond acceptors (Lipinski definition) is 5. The van der Waals surface area contributed by atoms with E-state index in [4.69, 9.17) is 4.52 Å². The van der Waals surface area contributed by atoms with Crippen LogP contribution in [0.1, 0.15) is 35.5 Å². The standard InChI is InChI=1S/C10H13NO4S/c12-7-8-5-9(15-11-8)6-10-3-1-2-4-16(10,13)14/h5,7,10H,1-4,6H2. The first-order valence-corrected chi connectivity index (χ1v) is 6.96. The Morgan fingerprint density at radius 3 is 2.94 bits per heavy atom. The Morgan fingerprint density at radius 2 is 2.31 bits per heavy atom. The maximum atomic E-state index is 11.7. The fourth-order valence-electron chi connectivity index (χ4n) is 1.96. The van der Waals surface area contributed by atoms with Crippen molar-refractivity contribution in [2.45, 2.75) is 30.9 Å². The number of hydrogen-bond donors (Lipinski definition) is 0. The SMILES string of the molecule is O=Cc1cc(CC2CCCCS2(=O)=O)on1. The van der Waals surface area contributed by atoms with E-state index >= 15 is 0 Å². The number of carbonyl (C=O) groups excluding carboxylic acids is 1. The minimum absolute atomic E-state index is 0.211. The monoisotopic (exact) mass is 243 g/mol. The van der Waals surface area contributed by atoms with Crippen LogP contribution >= 0.6 is 0 Å². The first-order chi connectivity index (χ1) is 7.62. The van der Waals surface area contributed by atoms with Crippen LogP contribution in [-0.2, 0) is 16.3 Å². The van der Waals surface area contributed by atoms with Crippen molar-refractivity contribution >= 4 is 16.1 Å². The van der Waals surface area contributed by atoms with Crippen molar-refractivity contribution in [3.05, 3.63) is 17.5 Å². The molecule has 0 bridgehead atoms. The summed E-state index contributed by atoms with van der Waals surface area (Å²) in [7, 11) is -3.00. The summed E-state index contributed by atoms with van der Waals surface area (Å²) in [5, 5.41) is 3.13. The summed E-state index contributed by atoms with van der Waals surface area (Å²) in [6.45, 7) is 0. The molecule has 0 aliphatic carbocycles. The van der Waals surface area contributed by atoms with E-state index in [0.29, 0.717) is 24.9 Å². The summed E-state index contributed by atoms with van der Waals surface area (Å²) < 4.78 is 28.4. The summed E-state index contributed by atoms with van der Waals surface area (Å²) in [5.41, 5.74) is 0.211. The molecule has 0 spiro atoms. The van der Waals surface area contributed by atoms with Gasteiger partial charge in [0.05, 0.1) is 11.0 Å². The van der Waals surface area contributed by atoms with Gasteiger partial charge in [-0.2, -0.15) is 0 Å². The minimum Gasteiger partial charge on any atom is -0.361 e. The van der Waals surface area contributed by atoms with Crippen LogP contribution in [0.15, 0.2) is 10.6 Å². The molecule has 6 heteroatoms. The lowest BCUT2D eigenvalue weighted by Gasteiger charge is -2.20. The highest BCUT2D eigenvalue weighted by atomic mass is 32.2. The van der Waals surface area contributed by atoms with Crippen molar-refractivity contribution in [1.29, 1.82) is 0 Å². The van der Waals surface area contributed by atoms with Gasteiger partial charge in [-0.25, -0.2) is 8.42 Å². The van der Waals surface area contributed by atoms with E-state index < -0.39 is 9.84 Å². The van der Waals surface area contributed by atoms with Crippen LogP contribution in [0.3, 0.4) is 0 Å². The third-order valence-corrected chi connectivity index (χ3v) is 5.12. The van der Waals surface area contributed by atoms with Gasteiger partial charge in [-0.15, -0.1) is 0 Å². The van der Waals surface area contributed by atoms with Crippen molar-refractivity contribution < 1.29 is 17.7 Å². The van der Waals surface area contributed by atoms with Crippen LogP contribution in [0.25, 0.3) is 0 Å². The summed E-state index contributed by atoms with van der Waals surface area (Å²) >= 11 is 0. The average Bonchev–Trinajstić information content (AvgIpc) is 2.69. The average molecular weight is 243 g/mol. The van der Waals surface area contributed by atoms with E-state index in [1.165, 1.54) is 6.07 Å². The maximum absolute atomic E-state index is 11.7. The zero-order valence-corrected chi connectivity index (χ0v) is 9.57. The van der Waals surface area contributed by atoms with Crippen LogP contribution in [0.4, 0.5) is 0 Å². The molecule has 16 heavy (non-hydrogen) atoms. The van der Waals surface area contributed by atoms with Crippen molar-refractivity contribution in [2.24, 2.45) is 0 Å². The molecule has 1 atom stereocenters.